The first-order chi connectivity index (χ1) is 7.13. The molecule has 1 atom stereocenters. The molecule has 1 aliphatic heterocycles. The molecule has 1 N–H and O–H groups in total. The summed E-state index contributed by atoms with van der Waals surface area (Å²) in [4.78, 5) is 12.4. The molecule has 15 heavy (non-hydrogen) atoms. The number of hydrogen-bond donors (Lipinski definition) is 1. The number of nitriles is 1. The number of ether oxygens (including phenoxy) is 1. The number of aliphatic carboxylic acids is 1. The van der Waals surface area contributed by atoms with E-state index in [2.05, 4.69) is 11.0 Å². The minimum atomic E-state index is -0.928. The maximum Gasteiger partial charge on any atom is 0.329 e. The van der Waals surface area contributed by atoms with Crippen molar-refractivity contribution in [1.82, 2.24) is 4.90 Å². The van der Waals surface area contributed by atoms with Crippen LogP contribution in [0.25, 0.3) is 0 Å². The molecule has 0 radical (unpaired) electrons. The van der Waals surface area contributed by atoms with Crippen molar-refractivity contribution in [3.05, 3.63) is 0 Å². The summed E-state index contributed by atoms with van der Waals surface area (Å²) in [6.45, 7) is 3.26. The first kappa shape index (κ1) is 12.0. The van der Waals surface area contributed by atoms with Gasteiger partial charge in [0.1, 0.15) is 6.61 Å². The average molecular weight is 212 g/mol. The standard InChI is InChI=1S/C10H16N2O3/c1-8(6-11)12-4-2-9(3-5-12)15-7-10(13)14/h8-9H,2-5,7H2,1H3,(H,13,14). The van der Waals surface area contributed by atoms with Gasteiger partial charge in [-0.1, -0.05) is 0 Å². The lowest BCUT2D eigenvalue weighted by Crippen LogP contribution is -2.41. The van der Waals surface area contributed by atoms with Gasteiger partial charge in [0, 0.05) is 13.1 Å². The second-order valence-corrected chi connectivity index (χ2v) is 3.75. The number of rotatable bonds is 4. The number of likely N-dealkylation sites (tertiary alicyclic amines) is 1. The maximum atomic E-state index is 10.3. The first-order valence-corrected chi connectivity index (χ1v) is 5.10. The zero-order chi connectivity index (χ0) is 11.3. The maximum absolute atomic E-state index is 10.3. The Morgan fingerprint density at radius 1 is 1.67 bits per heavy atom. The molecular weight excluding hydrogens is 196 g/mol. The van der Waals surface area contributed by atoms with E-state index in [1.807, 2.05) is 6.92 Å². The molecule has 0 aromatic heterocycles. The summed E-state index contributed by atoms with van der Waals surface area (Å²) in [6, 6.07) is 2.13. The van der Waals surface area contributed by atoms with Crippen LogP contribution in [0.5, 0.6) is 0 Å². The predicted molar refractivity (Wildman–Crippen MR) is 53.3 cm³/mol. The van der Waals surface area contributed by atoms with Crippen LogP contribution in [-0.4, -0.2) is 47.8 Å². The van der Waals surface area contributed by atoms with E-state index in [4.69, 9.17) is 15.1 Å². The third kappa shape index (κ3) is 3.86. The third-order valence-corrected chi connectivity index (χ3v) is 2.65. The van der Waals surface area contributed by atoms with Crippen LogP contribution < -0.4 is 0 Å². The molecule has 0 aromatic rings. The zero-order valence-electron chi connectivity index (χ0n) is 8.85. The third-order valence-electron chi connectivity index (χ3n) is 2.65. The van der Waals surface area contributed by atoms with Gasteiger partial charge in [-0.2, -0.15) is 5.26 Å². The van der Waals surface area contributed by atoms with Crippen molar-refractivity contribution in [2.24, 2.45) is 0 Å². The quantitative estimate of drug-likeness (QED) is 0.733. The number of hydrogen-bond acceptors (Lipinski definition) is 4. The van der Waals surface area contributed by atoms with E-state index in [1.54, 1.807) is 0 Å². The Morgan fingerprint density at radius 2 is 2.27 bits per heavy atom. The Kier molecular flexibility index (Phi) is 4.53. The average Bonchev–Trinajstić information content (AvgIpc) is 2.26. The van der Waals surface area contributed by atoms with E-state index >= 15 is 0 Å². The van der Waals surface area contributed by atoms with Crippen LogP contribution in [0.15, 0.2) is 0 Å². The second kappa shape index (κ2) is 5.69. The highest BCUT2D eigenvalue weighted by molar-refractivity contribution is 5.68. The van der Waals surface area contributed by atoms with Gasteiger partial charge in [0.05, 0.1) is 18.2 Å². The van der Waals surface area contributed by atoms with Crippen molar-refractivity contribution in [2.45, 2.75) is 31.9 Å². The molecule has 5 nitrogen and oxygen atoms in total. The topological polar surface area (TPSA) is 73.6 Å². The van der Waals surface area contributed by atoms with E-state index in [0.29, 0.717) is 0 Å². The largest absolute Gasteiger partial charge is 0.480 e. The van der Waals surface area contributed by atoms with Crippen LogP contribution in [0.1, 0.15) is 19.8 Å². The van der Waals surface area contributed by atoms with Crippen molar-refractivity contribution < 1.29 is 14.6 Å². The molecule has 0 bridgehead atoms. The van der Waals surface area contributed by atoms with Crippen molar-refractivity contribution in [2.75, 3.05) is 19.7 Å². The summed E-state index contributed by atoms with van der Waals surface area (Å²) >= 11 is 0. The van der Waals surface area contributed by atoms with Gasteiger partial charge in [-0.25, -0.2) is 4.79 Å². The lowest BCUT2D eigenvalue weighted by atomic mass is 10.1. The summed E-state index contributed by atoms with van der Waals surface area (Å²) < 4.78 is 5.20. The van der Waals surface area contributed by atoms with Crippen LogP contribution in [0.2, 0.25) is 0 Å². The minimum Gasteiger partial charge on any atom is -0.480 e. The smallest absolute Gasteiger partial charge is 0.329 e. The van der Waals surface area contributed by atoms with Gasteiger partial charge in [-0.15, -0.1) is 0 Å². The summed E-state index contributed by atoms with van der Waals surface area (Å²) in [5.74, 6) is -0.928. The van der Waals surface area contributed by atoms with E-state index in [1.165, 1.54) is 0 Å². The van der Waals surface area contributed by atoms with E-state index in [0.717, 1.165) is 25.9 Å². The Balaban J connectivity index is 2.24. The Hall–Kier alpha value is -1.12. The molecule has 84 valence electrons. The molecule has 5 heteroatoms. The number of carboxylic acid groups (broad SMARTS) is 1. The Bertz CT molecular complexity index is 254. The number of piperidine rings is 1. The van der Waals surface area contributed by atoms with Gasteiger partial charge >= 0.3 is 5.97 Å². The number of carbonyl (C=O) groups is 1. The molecular formula is C10H16N2O3. The van der Waals surface area contributed by atoms with E-state index < -0.39 is 5.97 Å². The SMILES string of the molecule is CC(C#N)N1CCC(OCC(=O)O)CC1. The lowest BCUT2D eigenvalue weighted by Gasteiger charge is -2.32. The summed E-state index contributed by atoms with van der Waals surface area (Å²) in [5, 5.41) is 17.2. The van der Waals surface area contributed by atoms with Gasteiger partial charge in [0.15, 0.2) is 0 Å². The van der Waals surface area contributed by atoms with Crippen LogP contribution >= 0.6 is 0 Å². The first-order valence-electron chi connectivity index (χ1n) is 5.10. The highest BCUT2D eigenvalue weighted by Crippen LogP contribution is 2.15. The fourth-order valence-corrected chi connectivity index (χ4v) is 1.70. The molecule has 0 aromatic carbocycles. The summed E-state index contributed by atoms with van der Waals surface area (Å²) in [6.07, 6.45) is 1.64. The van der Waals surface area contributed by atoms with Crippen molar-refractivity contribution in [3.63, 3.8) is 0 Å². The second-order valence-electron chi connectivity index (χ2n) is 3.75. The molecule has 1 rings (SSSR count). The molecule has 0 amide bonds. The van der Waals surface area contributed by atoms with Crippen molar-refractivity contribution >= 4 is 5.97 Å². The highest BCUT2D eigenvalue weighted by Gasteiger charge is 2.23. The Labute approximate surface area is 89.2 Å². The van der Waals surface area contributed by atoms with Crippen molar-refractivity contribution in [1.29, 1.82) is 5.26 Å². The van der Waals surface area contributed by atoms with Crippen LogP contribution in [-0.2, 0) is 9.53 Å². The van der Waals surface area contributed by atoms with E-state index in [9.17, 15) is 4.79 Å². The fourth-order valence-electron chi connectivity index (χ4n) is 1.70. The monoisotopic (exact) mass is 212 g/mol. The molecule has 1 saturated heterocycles. The molecule has 1 fully saturated rings. The van der Waals surface area contributed by atoms with Gasteiger partial charge in [-0.05, 0) is 19.8 Å². The highest BCUT2D eigenvalue weighted by atomic mass is 16.5. The van der Waals surface area contributed by atoms with Crippen LogP contribution in [0.3, 0.4) is 0 Å². The van der Waals surface area contributed by atoms with Gasteiger partial charge < -0.3 is 9.84 Å². The molecule has 1 unspecified atom stereocenters. The fraction of sp³-hybridized carbons (Fsp3) is 0.800. The molecule has 1 aliphatic rings. The minimum absolute atomic E-state index is 0.0308. The predicted octanol–water partition coefficient (Wildman–Crippen LogP) is 0.464. The van der Waals surface area contributed by atoms with Crippen LogP contribution in [0, 0.1) is 11.3 Å². The molecule has 0 aliphatic carbocycles. The number of nitrogens with zero attached hydrogens (tertiary/aromatic N) is 2. The van der Waals surface area contributed by atoms with Crippen LogP contribution in [0.4, 0.5) is 0 Å². The molecule has 0 spiro atoms. The van der Waals surface area contributed by atoms with Gasteiger partial charge in [-0.3, -0.25) is 4.90 Å². The normalized spacial score (nSPS) is 20.8. The van der Waals surface area contributed by atoms with E-state index in [-0.39, 0.29) is 18.8 Å². The lowest BCUT2D eigenvalue weighted by molar-refractivity contribution is -0.145. The zero-order valence-corrected chi connectivity index (χ0v) is 8.85. The van der Waals surface area contributed by atoms with Gasteiger partial charge in [0.25, 0.3) is 0 Å². The molecule has 1 heterocycles. The Morgan fingerprint density at radius 3 is 2.73 bits per heavy atom. The van der Waals surface area contributed by atoms with Crippen molar-refractivity contribution in [3.8, 4) is 6.07 Å². The summed E-state index contributed by atoms with van der Waals surface area (Å²) in [5.41, 5.74) is 0. The molecule has 0 saturated carbocycles. The van der Waals surface area contributed by atoms with Gasteiger partial charge in [0.2, 0.25) is 0 Å². The number of carboxylic acids is 1. The summed E-state index contributed by atoms with van der Waals surface area (Å²) in [7, 11) is 0.